The number of pyridine rings is 1. The van der Waals surface area contributed by atoms with E-state index in [4.69, 9.17) is 4.74 Å². The van der Waals surface area contributed by atoms with E-state index in [1.807, 2.05) is 0 Å². The molecule has 0 aliphatic carbocycles. The van der Waals surface area contributed by atoms with Crippen molar-refractivity contribution in [2.24, 2.45) is 0 Å². The van der Waals surface area contributed by atoms with Crippen molar-refractivity contribution in [2.75, 3.05) is 7.11 Å². The summed E-state index contributed by atoms with van der Waals surface area (Å²) in [5.41, 5.74) is 1.68. The molecule has 0 aliphatic rings. The fourth-order valence-electron chi connectivity index (χ4n) is 1.84. The molecule has 0 saturated carbocycles. The number of fused-ring (bicyclic) bond motifs is 1. The predicted molar refractivity (Wildman–Crippen MR) is 60.0 cm³/mol. The van der Waals surface area contributed by atoms with Crippen LogP contribution in [0.25, 0.3) is 10.9 Å². The zero-order valence-corrected chi connectivity index (χ0v) is 9.13. The Morgan fingerprint density at radius 3 is 2.81 bits per heavy atom. The molecule has 0 saturated heterocycles. The molecular weight excluding hydrogens is 209 g/mol. The van der Waals surface area contributed by atoms with Crippen molar-refractivity contribution in [3.8, 4) is 0 Å². The molecule has 3 nitrogen and oxygen atoms in total. The standard InChI is InChI=1S/C12H12FNO2/c1-7-3-8(13)4-10-12(7)11(15)5-9(14-10)6-16-2/h3-5H,6H2,1-2H3,(H,14,15). The van der Waals surface area contributed by atoms with Gasteiger partial charge >= 0.3 is 0 Å². The highest BCUT2D eigenvalue weighted by Gasteiger charge is 2.06. The number of aromatic amines is 1. The van der Waals surface area contributed by atoms with Gasteiger partial charge in [0.25, 0.3) is 0 Å². The topological polar surface area (TPSA) is 42.1 Å². The van der Waals surface area contributed by atoms with E-state index in [0.717, 1.165) is 0 Å². The van der Waals surface area contributed by atoms with E-state index in [1.165, 1.54) is 18.2 Å². The van der Waals surface area contributed by atoms with Crippen molar-refractivity contribution in [1.82, 2.24) is 4.98 Å². The molecule has 0 bridgehead atoms. The molecule has 0 radical (unpaired) electrons. The minimum Gasteiger partial charge on any atom is -0.378 e. The van der Waals surface area contributed by atoms with E-state index in [0.29, 0.717) is 28.8 Å². The minimum absolute atomic E-state index is 0.113. The van der Waals surface area contributed by atoms with Gasteiger partial charge in [0.15, 0.2) is 5.43 Å². The SMILES string of the molecule is COCc1cc(=O)c2c(C)cc(F)cc2[nH]1. The maximum atomic E-state index is 13.2. The molecular formula is C12H12FNO2. The lowest BCUT2D eigenvalue weighted by molar-refractivity contribution is 0.181. The summed E-state index contributed by atoms with van der Waals surface area (Å²) in [6.45, 7) is 2.03. The molecule has 1 aromatic heterocycles. The number of methoxy groups -OCH3 is 1. The molecule has 0 aliphatic heterocycles. The highest BCUT2D eigenvalue weighted by molar-refractivity contribution is 5.82. The van der Waals surface area contributed by atoms with Gasteiger partial charge in [-0.15, -0.1) is 0 Å². The van der Waals surface area contributed by atoms with Crippen molar-refractivity contribution in [2.45, 2.75) is 13.5 Å². The van der Waals surface area contributed by atoms with Crippen molar-refractivity contribution >= 4 is 10.9 Å². The first-order valence-electron chi connectivity index (χ1n) is 4.93. The summed E-state index contributed by atoms with van der Waals surface area (Å²) in [4.78, 5) is 14.8. The summed E-state index contributed by atoms with van der Waals surface area (Å²) in [6, 6.07) is 4.16. The smallest absolute Gasteiger partial charge is 0.190 e. The van der Waals surface area contributed by atoms with Gasteiger partial charge in [0.2, 0.25) is 0 Å². The number of rotatable bonds is 2. The Labute approximate surface area is 91.9 Å². The van der Waals surface area contributed by atoms with Gasteiger partial charge in [0.05, 0.1) is 12.1 Å². The number of aryl methyl sites for hydroxylation is 1. The molecule has 0 spiro atoms. The van der Waals surface area contributed by atoms with Crippen LogP contribution in [0.15, 0.2) is 23.0 Å². The van der Waals surface area contributed by atoms with E-state index >= 15 is 0 Å². The largest absolute Gasteiger partial charge is 0.378 e. The number of benzene rings is 1. The summed E-state index contributed by atoms with van der Waals surface area (Å²) in [5.74, 6) is -0.352. The van der Waals surface area contributed by atoms with Crippen molar-refractivity contribution in [3.05, 3.63) is 45.5 Å². The van der Waals surface area contributed by atoms with Crippen LogP contribution in [0, 0.1) is 12.7 Å². The Hall–Kier alpha value is -1.68. The van der Waals surface area contributed by atoms with E-state index in [-0.39, 0.29) is 11.2 Å². The van der Waals surface area contributed by atoms with Crippen LogP contribution in [0.4, 0.5) is 4.39 Å². The number of H-pyrrole nitrogens is 1. The minimum atomic E-state index is -0.352. The van der Waals surface area contributed by atoms with Crippen LogP contribution < -0.4 is 5.43 Å². The Morgan fingerprint density at radius 2 is 2.12 bits per heavy atom. The summed E-state index contributed by atoms with van der Waals surface area (Å²) < 4.78 is 18.1. The summed E-state index contributed by atoms with van der Waals surface area (Å²) in [7, 11) is 1.54. The second-order valence-electron chi connectivity index (χ2n) is 3.74. The van der Waals surface area contributed by atoms with Crippen molar-refractivity contribution in [3.63, 3.8) is 0 Å². The molecule has 84 valence electrons. The number of halogens is 1. The van der Waals surface area contributed by atoms with Crippen LogP contribution >= 0.6 is 0 Å². The van der Waals surface area contributed by atoms with E-state index in [9.17, 15) is 9.18 Å². The third-order valence-electron chi connectivity index (χ3n) is 2.45. The molecule has 0 unspecified atom stereocenters. The van der Waals surface area contributed by atoms with Crippen molar-refractivity contribution in [1.29, 1.82) is 0 Å². The zero-order valence-electron chi connectivity index (χ0n) is 9.13. The normalized spacial score (nSPS) is 10.9. The molecule has 0 amide bonds. The van der Waals surface area contributed by atoms with Crippen LogP contribution in [0.1, 0.15) is 11.3 Å². The summed E-state index contributed by atoms with van der Waals surface area (Å²) in [6.07, 6.45) is 0. The molecule has 1 N–H and O–H groups in total. The lowest BCUT2D eigenvalue weighted by atomic mass is 10.1. The third kappa shape index (κ3) is 1.84. The monoisotopic (exact) mass is 221 g/mol. The molecule has 4 heteroatoms. The Balaban J connectivity index is 2.77. The first-order valence-corrected chi connectivity index (χ1v) is 4.93. The van der Waals surface area contributed by atoms with Crippen LogP contribution in [0.5, 0.6) is 0 Å². The zero-order chi connectivity index (χ0) is 11.7. The maximum absolute atomic E-state index is 13.2. The fourth-order valence-corrected chi connectivity index (χ4v) is 1.84. The molecule has 16 heavy (non-hydrogen) atoms. The molecule has 0 atom stereocenters. The molecule has 1 aromatic carbocycles. The molecule has 1 heterocycles. The van der Waals surface area contributed by atoms with Crippen LogP contribution in [-0.2, 0) is 11.3 Å². The summed E-state index contributed by atoms with van der Waals surface area (Å²) in [5, 5.41) is 0.529. The Morgan fingerprint density at radius 1 is 1.38 bits per heavy atom. The highest BCUT2D eigenvalue weighted by Crippen LogP contribution is 2.15. The first-order chi connectivity index (χ1) is 7.61. The Bertz CT molecular complexity index is 589. The van der Waals surface area contributed by atoms with E-state index in [1.54, 1.807) is 14.0 Å². The van der Waals surface area contributed by atoms with Gasteiger partial charge < -0.3 is 9.72 Å². The Kier molecular flexibility index (Phi) is 2.75. The van der Waals surface area contributed by atoms with Gasteiger partial charge in [-0.05, 0) is 24.6 Å². The third-order valence-corrected chi connectivity index (χ3v) is 2.45. The van der Waals surface area contributed by atoms with Crippen LogP contribution in [0.2, 0.25) is 0 Å². The maximum Gasteiger partial charge on any atom is 0.190 e. The average molecular weight is 221 g/mol. The fraction of sp³-hybridized carbons (Fsp3) is 0.250. The number of hydrogen-bond acceptors (Lipinski definition) is 2. The number of nitrogens with one attached hydrogen (secondary N) is 1. The van der Waals surface area contributed by atoms with Gasteiger partial charge in [0.1, 0.15) is 5.82 Å². The quantitative estimate of drug-likeness (QED) is 0.844. The predicted octanol–water partition coefficient (Wildman–Crippen LogP) is 2.12. The lowest BCUT2D eigenvalue weighted by Crippen LogP contribution is -2.07. The number of ether oxygens (including phenoxy) is 1. The second kappa shape index (κ2) is 4.06. The van der Waals surface area contributed by atoms with Crippen LogP contribution in [-0.4, -0.2) is 12.1 Å². The second-order valence-corrected chi connectivity index (χ2v) is 3.74. The van der Waals surface area contributed by atoms with E-state index in [2.05, 4.69) is 4.98 Å². The van der Waals surface area contributed by atoms with Gasteiger partial charge in [-0.2, -0.15) is 0 Å². The average Bonchev–Trinajstić information content (AvgIpc) is 2.15. The van der Waals surface area contributed by atoms with Gasteiger partial charge in [-0.1, -0.05) is 0 Å². The van der Waals surface area contributed by atoms with Crippen molar-refractivity contribution < 1.29 is 9.13 Å². The van der Waals surface area contributed by atoms with Crippen LogP contribution in [0.3, 0.4) is 0 Å². The molecule has 0 fully saturated rings. The molecule has 2 rings (SSSR count). The van der Waals surface area contributed by atoms with Gasteiger partial charge in [-0.25, -0.2) is 4.39 Å². The summed E-state index contributed by atoms with van der Waals surface area (Å²) >= 11 is 0. The van der Waals surface area contributed by atoms with Gasteiger partial charge in [-0.3, -0.25) is 4.79 Å². The first kappa shape index (κ1) is 10.8. The lowest BCUT2D eigenvalue weighted by Gasteiger charge is -2.05. The van der Waals surface area contributed by atoms with E-state index < -0.39 is 0 Å². The highest BCUT2D eigenvalue weighted by atomic mass is 19.1. The molecule has 2 aromatic rings. The number of hydrogen-bond donors (Lipinski definition) is 1. The van der Waals surface area contributed by atoms with Gasteiger partial charge in [0, 0.05) is 24.3 Å². The number of aromatic nitrogens is 1.